The van der Waals surface area contributed by atoms with Crippen LogP contribution in [-0.2, 0) is 9.47 Å². The molecular formula is C11H17NO3S. The lowest BCUT2D eigenvalue weighted by Crippen LogP contribution is -2.11. The van der Waals surface area contributed by atoms with Crippen LogP contribution in [0.3, 0.4) is 0 Å². The Labute approximate surface area is 99.4 Å². The Hall–Kier alpha value is -1.07. The van der Waals surface area contributed by atoms with Crippen LogP contribution in [0.25, 0.3) is 0 Å². The topological polar surface area (TPSA) is 61.5 Å². The first kappa shape index (κ1) is 13.0. The highest BCUT2D eigenvalue weighted by Crippen LogP contribution is 2.19. The maximum absolute atomic E-state index is 11.5. The molecule has 1 heterocycles. The van der Waals surface area contributed by atoms with Crippen molar-refractivity contribution in [3.63, 3.8) is 0 Å². The van der Waals surface area contributed by atoms with Crippen LogP contribution in [-0.4, -0.2) is 25.8 Å². The average molecular weight is 243 g/mol. The van der Waals surface area contributed by atoms with Gasteiger partial charge in [-0.15, -0.1) is 11.3 Å². The number of esters is 1. The SMILES string of the molecule is CCCCOCCOC(=O)c1sccc1N. The summed E-state index contributed by atoms with van der Waals surface area (Å²) in [6.07, 6.45) is 2.14. The minimum absolute atomic E-state index is 0.278. The molecule has 1 rings (SSSR count). The van der Waals surface area contributed by atoms with Gasteiger partial charge in [0, 0.05) is 6.61 Å². The highest BCUT2D eigenvalue weighted by atomic mass is 32.1. The Morgan fingerprint density at radius 1 is 1.44 bits per heavy atom. The fourth-order valence-electron chi connectivity index (χ4n) is 1.09. The molecule has 0 fully saturated rings. The molecule has 0 saturated carbocycles. The molecule has 0 aliphatic carbocycles. The van der Waals surface area contributed by atoms with Crippen molar-refractivity contribution in [2.75, 3.05) is 25.6 Å². The number of carbonyl (C=O) groups is 1. The summed E-state index contributed by atoms with van der Waals surface area (Å²) < 4.78 is 10.3. The second kappa shape index (κ2) is 7.24. The molecule has 5 heteroatoms. The van der Waals surface area contributed by atoms with E-state index in [4.69, 9.17) is 15.2 Å². The second-order valence-electron chi connectivity index (χ2n) is 3.31. The van der Waals surface area contributed by atoms with E-state index in [1.54, 1.807) is 11.4 Å². The molecule has 0 atom stereocenters. The van der Waals surface area contributed by atoms with Crippen LogP contribution in [0, 0.1) is 0 Å². The van der Waals surface area contributed by atoms with Gasteiger partial charge in [-0.3, -0.25) is 0 Å². The minimum Gasteiger partial charge on any atom is -0.459 e. The molecule has 0 aromatic carbocycles. The van der Waals surface area contributed by atoms with Gasteiger partial charge in [0.2, 0.25) is 0 Å². The predicted molar refractivity (Wildman–Crippen MR) is 64.7 cm³/mol. The molecule has 0 radical (unpaired) electrons. The van der Waals surface area contributed by atoms with Crippen LogP contribution in [0.15, 0.2) is 11.4 Å². The van der Waals surface area contributed by atoms with E-state index in [0.29, 0.717) is 17.2 Å². The number of rotatable bonds is 7. The molecule has 4 nitrogen and oxygen atoms in total. The monoisotopic (exact) mass is 243 g/mol. The van der Waals surface area contributed by atoms with Crippen LogP contribution >= 0.6 is 11.3 Å². The Bertz CT molecular complexity index is 325. The fourth-order valence-corrected chi connectivity index (χ4v) is 1.80. The van der Waals surface area contributed by atoms with Crippen molar-refractivity contribution in [2.45, 2.75) is 19.8 Å². The zero-order valence-corrected chi connectivity index (χ0v) is 10.2. The summed E-state index contributed by atoms with van der Waals surface area (Å²) >= 11 is 1.29. The van der Waals surface area contributed by atoms with Crippen molar-refractivity contribution in [3.05, 3.63) is 16.3 Å². The first-order chi connectivity index (χ1) is 7.75. The molecule has 90 valence electrons. The van der Waals surface area contributed by atoms with Crippen LogP contribution in [0.5, 0.6) is 0 Å². The van der Waals surface area contributed by atoms with Gasteiger partial charge in [0.25, 0.3) is 0 Å². The predicted octanol–water partition coefficient (Wildman–Crippen LogP) is 2.30. The fraction of sp³-hybridized carbons (Fsp3) is 0.545. The van der Waals surface area contributed by atoms with Crippen LogP contribution in [0.2, 0.25) is 0 Å². The maximum atomic E-state index is 11.5. The Kier molecular flexibility index (Phi) is 5.88. The lowest BCUT2D eigenvalue weighted by atomic mass is 10.4. The summed E-state index contributed by atoms with van der Waals surface area (Å²) in [6, 6.07) is 1.69. The van der Waals surface area contributed by atoms with Crippen LogP contribution < -0.4 is 5.73 Å². The standard InChI is InChI=1S/C11H17NO3S/c1-2-3-5-14-6-7-15-11(13)10-9(12)4-8-16-10/h4,8H,2-3,5-7,12H2,1H3. The summed E-state index contributed by atoms with van der Waals surface area (Å²) in [6.45, 7) is 3.54. The summed E-state index contributed by atoms with van der Waals surface area (Å²) in [5.41, 5.74) is 6.06. The molecule has 0 bridgehead atoms. The van der Waals surface area contributed by atoms with Crippen molar-refractivity contribution >= 4 is 23.0 Å². The van der Waals surface area contributed by atoms with E-state index in [1.807, 2.05) is 0 Å². The molecule has 1 aromatic rings. The Morgan fingerprint density at radius 3 is 2.88 bits per heavy atom. The zero-order chi connectivity index (χ0) is 11.8. The minimum atomic E-state index is -0.369. The number of carbonyl (C=O) groups excluding carboxylic acids is 1. The zero-order valence-electron chi connectivity index (χ0n) is 9.40. The first-order valence-corrected chi connectivity index (χ1v) is 6.21. The number of unbranched alkanes of at least 4 members (excludes halogenated alkanes) is 1. The van der Waals surface area contributed by atoms with Crippen molar-refractivity contribution in [1.82, 2.24) is 0 Å². The Balaban J connectivity index is 2.14. The highest BCUT2D eigenvalue weighted by molar-refractivity contribution is 7.12. The molecule has 0 aliphatic heterocycles. The summed E-state index contributed by atoms with van der Waals surface area (Å²) in [5.74, 6) is -0.369. The van der Waals surface area contributed by atoms with E-state index in [-0.39, 0.29) is 12.6 Å². The van der Waals surface area contributed by atoms with Gasteiger partial charge in [-0.2, -0.15) is 0 Å². The summed E-state index contributed by atoms with van der Waals surface area (Å²) in [4.78, 5) is 11.9. The lowest BCUT2D eigenvalue weighted by molar-refractivity contribution is 0.0319. The highest BCUT2D eigenvalue weighted by Gasteiger charge is 2.11. The molecule has 0 amide bonds. The number of thiophene rings is 1. The molecule has 0 unspecified atom stereocenters. The molecule has 0 saturated heterocycles. The van der Waals surface area contributed by atoms with E-state index in [9.17, 15) is 4.79 Å². The second-order valence-corrected chi connectivity index (χ2v) is 4.22. The molecule has 2 N–H and O–H groups in total. The number of ether oxygens (including phenoxy) is 2. The smallest absolute Gasteiger partial charge is 0.350 e. The quantitative estimate of drug-likeness (QED) is 0.589. The molecular weight excluding hydrogens is 226 g/mol. The van der Waals surface area contributed by atoms with Gasteiger partial charge in [-0.1, -0.05) is 13.3 Å². The van der Waals surface area contributed by atoms with E-state index in [0.717, 1.165) is 19.4 Å². The largest absolute Gasteiger partial charge is 0.459 e. The third-order valence-electron chi connectivity index (χ3n) is 1.98. The maximum Gasteiger partial charge on any atom is 0.350 e. The van der Waals surface area contributed by atoms with Crippen LogP contribution in [0.1, 0.15) is 29.4 Å². The van der Waals surface area contributed by atoms with E-state index in [1.165, 1.54) is 11.3 Å². The number of hydrogen-bond acceptors (Lipinski definition) is 5. The number of hydrogen-bond donors (Lipinski definition) is 1. The van der Waals surface area contributed by atoms with Crippen molar-refractivity contribution < 1.29 is 14.3 Å². The molecule has 16 heavy (non-hydrogen) atoms. The van der Waals surface area contributed by atoms with Gasteiger partial charge in [0.15, 0.2) is 0 Å². The van der Waals surface area contributed by atoms with Gasteiger partial charge in [-0.25, -0.2) is 4.79 Å². The van der Waals surface area contributed by atoms with Crippen molar-refractivity contribution in [2.24, 2.45) is 0 Å². The summed E-state index contributed by atoms with van der Waals surface area (Å²) in [7, 11) is 0. The van der Waals surface area contributed by atoms with E-state index >= 15 is 0 Å². The van der Waals surface area contributed by atoms with Crippen LogP contribution in [0.4, 0.5) is 5.69 Å². The van der Waals surface area contributed by atoms with E-state index < -0.39 is 0 Å². The molecule has 0 spiro atoms. The first-order valence-electron chi connectivity index (χ1n) is 5.33. The molecule has 0 aliphatic rings. The van der Waals surface area contributed by atoms with Gasteiger partial charge in [-0.05, 0) is 17.9 Å². The number of anilines is 1. The van der Waals surface area contributed by atoms with Gasteiger partial charge in [0.1, 0.15) is 11.5 Å². The van der Waals surface area contributed by atoms with Crippen molar-refractivity contribution in [1.29, 1.82) is 0 Å². The van der Waals surface area contributed by atoms with E-state index in [2.05, 4.69) is 6.92 Å². The Morgan fingerprint density at radius 2 is 2.25 bits per heavy atom. The average Bonchev–Trinajstić information content (AvgIpc) is 2.69. The normalized spacial score (nSPS) is 10.3. The van der Waals surface area contributed by atoms with Crippen molar-refractivity contribution in [3.8, 4) is 0 Å². The van der Waals surface area contributed by atoms with Gasteiger partial charge >= 0.3 is 5.97 Å². The number of nitrogen functional groups attached to an aromatic ring is 1. The van der Waals surface area contributed by atoms with Gasteiger partial charge in [0.05, 0.1) is 12.3 Å². The lowest BCUT2D eigenvalue weighted by Gasteiger charge is -2.05. The third-order valence-corrected chi connectivity index (χ3v) is 2.89. The number of nitrogens with two attached hydrogens (primary N) is 1. The third kappa shape index (κ3) is 4.20. The van der Waals surface area contributed by atoms with Gasteiger partial charge < -0.3 is 15.2 Å². The molecule has 1 aromatic heterocycles. The summed E-state index contributed by atoms with van der Waals surface area (Å²) in [5, 5.41) is 1.77.